The molecular weight excluding hydrogens is 377 g/mol. The number of hydrogen-bond donors (Lipinski definition) is 2. The van der Waals surface area contributed by atoms with Crippen LogP contribution in [-0.4, -0.2) is 31.6 Å². The number of hydrogen-bond acceptors (Lipinski definition) is 3. The molecule has 1 fully saturated rings. The van der Waals surface area contributed by atoms with E-state index in [1.165, 1.54) is 0 Å². The van der Waals surface area contributed by atoms with Crippen LogP contribution in [0.3, 0.4) is 0 Å². The lowest BCUT2D eigenvalue weighted by atomic mass is 10.2. The number of nitrogens with zero attached hydrogens (tertiary/aromatic N) is 1. The lowest BCUT2D eigenvalue weighted by molar-refractivity contribution is -0.117. The molecule has 6 nitrogen and oxygen atoms in total. The van der Waals surface area contributed by atoms with Gasteiger partial charge in [-0.2, -0.15) is 0 Å². The summed E-state index contributed by atoms with van der Waals surface area (Å²) >= 11 is 11.9. The number of benzene rings is 2. The lowest BCUT2D eigenvalue weighted by Gasteiger charge is -2.18. The molecule has 0 spiro atoms. The van der Waals surface area contributed by atoms with Crippen LogP contribution in [-0.2, 0) is 4.79 Å². The minimum Gasteiger partial charge on any atom is -0.497 e. The van der Waals surface area contributed by atoms with Crippen molar-refractivity contribution in [2.75, 3.05) is 23.9 Å². The fraction of sp³-hybridized carbons (Fsp3) is 0.222. The van der Waals surface area contributed by atoms with E-state index in [0.717, 1.165) is 5.69 Å². The largest absolute Gasteiger partial charge is 0.497 e. The zero-order valence-electron chi connectivity index (χ0n) is 14.0. The van der Waals surface area contributed by atoms with Crippen LogP contribution in [0.5, 0.6) is 5.75 Å². The summed E-state index contributed by atoms with van der Waals surface area (Å²) in [5, 5.41) is 6.28. The quantitative estimate of drug-likeness (QED) is 0.826. The van der Waals surface area contributed by atoms with Crippen molar-refractivity contribution in [3.8, 4) is 5.75 Å². The first-order valence-electron chi connectivity index (χ1n) is 7.93. The van der Waals surface area contributed by atoms with E-state index in [9.17, 15) is 9.59 Å². The number of methoxy groups -OCH3 is 1. The molecule has 3 amide bonds. The second-order valence-corrected chi connectivity index (χ2v) is 6.67. The molecule has 0 aliphatic carbocycles. The Labute approximate surface area is 161 Å². The highest BCUT2D eigenvalue weighted by Crippen LogP contribution is 2.27. The van der Waals surface area contributed by atoms with Gasteiger partial charge < -0.3 is 20.3 Å². The van der Waals surface area contributed by atoms with Crippen molar-refractivity contribution in [1.82, 2.24) is 5.32 Å². The van der Waals surface area contributed by atoms with Gasteiger partial charge in [-0.3, -0.25) is 4.79 Å². The van der Waals surface area contributed by atoms with Crippen LogP contribution in [0.15, 0.2) is 42.5 Å². The highest BCUT2D eigenvalue weighted by atomic mass is 35.5. The summed E-state index contributed by atoms with van der Waals surface area (Å²) in [7, 11) is 1.57. The molecule has 2 aromatic rings. The summed E-state index contributed by atoms with van der Waals surface area (Å²) in [6.45, 7) is 0.378. The highest BCUT2D eigenvalue weighted by molar-refractivity contribution is 6.35. The average Bonchev–Trinajstić information content (AvgIpc) is 2.98. The molecule has 1 aliphatic rings. The molecule has 136 valence electrons. The van der Waals surface area contributed by atoms with Gasteiger partial charge in [0.1, 0.15) is 5.75 Å². The third-order valence-corrected chi connectivity index (χ3v) is 4.57. The molecule has 8 heteroatoms. The van der Waals surface area contributed by atoms with E-state index < -0.39 is 6.03 Å². The molecule has 0 bridgehead atoms. The molecule has 26 heavy (non-hydrogen) atoms. The van der Waals surface area contributed by atoms with Crippen LogP contribution >= 0.6 is 23.2 Å². The maximum Gasteiger partial charge on any atom is 0.319 e. The van der Waals surface area contributed by atoms with Crippen molar-refractivity contribution in [3.63, 3.8) is 0 Å². The summed E-state index contributed by atoms with van der Waals surface area (Å²) in [4.78, 5) is 26.1. The summed E-state index contributed by atoms with van der Waals surface area (Å²) < 4.78 is 5.19. The Morgan fingerprint density at radius 2 is 2.04 bits per heavy atom. The van der Waals surface area contributed by atoms with Gasteiger partial charge >= 0.3 is 6.03 Å². The Morgan fingerprint density at radius 1 is 1.23 bits per heavy atom. The van der Waals surface area contributed by atoms with E-state index in [1.54, 1.807) is 36.3 Å². The van der Waals surface area contributed by atoms with Gasteiger partial charge in [-0.25, -0.2) is 4.79 Å². The second-order valence-electron chi connectivity index (χ2n) is 5.83. The lowest BCUT2D eigenvalue weighted by Crippen LogP contribution is -2.39. The fourth-order valence-electron chi connectivity index (χ4n) is 2.77. The number of urea groups is 1. The molecule has 0 saturated carbocycles. The van der Waals surface area contributed by atoms with Gasteiger partial charge in [-0.1, -0.05) is 29.3 Å². The Kier molecular flexibility index (Phi) is 5.54. The zero-order chi connectivity index (χ0) is 18.7. The Balaban J connectivity index is 1.63. The molecule has 1 aliphatic heterocycles. The molecule has 0 aromatic heterocycles. The number of halogens is 2. The second kappa shape index (κ2) is 7.85. The molecule has 3 rings (SSSR count). The van der Waals surface area contributed by atoms with Crippen molar-refractivity contribution in [2.24, 2.45) is 0 Å². The van der Waals surface area contributed by atoms with Gasteiger partial charge in [0, 0.05) is 29.7 Å². The Morgan fingerprint density at radius 3 is 2.81 bits per heavy atom. The molecule has 2 aromatic carbocycles. The van der Waals surface area contributed by atoms with Crippen LogP contribution < -0.4 is 20.3 Å². The number of ether oxygens (including phenoxy) is 1. The number of rotatable bonds is 4. The van der Waals surface area contributed by atoms with E-state index in [-0.39, 0.29) is 18.4 Å². The Bertz CT molecular complexity index is 844. The Hall–Kier alpha value is -2.44. The zero-order valence-corrected chi connectivity index (χ0v) is 15.5. The van der Waals surface area contributed by atoms with Crippen LogP contribution in [0.4, 0.5) is 16.2 Å². The van der Waals surface area contributed by atoms with Gasteiger partial charge in [0.15, 0.2) is 0 Å². The van der Waals surface area contributed by atoms with E-state index >= 15 is 0 Å². The first-order chi connectivity index (χ1) is 12.5. The van der Waals surface area contributed by atoms with Crippen LogP contribution in [0.25, 0.3) is 0 Å². The molecule has 1 heterocycles. The first kappa shape index (κ1) is 18.4. The fourth-order valence-corrected chi connectivity index (χ4v) is 3.11. The summed E-state index contributed by atoms with van der Waals surface area (Å²) in [6, 6.07) is 11.3. The van der Waals surface area contributed by atoms with Gasteiger partial charge in [0.2, 0.25) is 5.91 Å². The van der Waals surface area contributed by atoms with Gasteiger partial charge in [-0.15, -0.1) is 0 Å². The van der Waals surface area contributed by atoms with Crippen molar-refractivity contribution in [2.45, 2.75) is 12.5 Å². The number of amides is 3. The highest BCUT2D eigenvalue weighted by Gasteiger charge is 2.31. The van der Waals surface area contributed by atoms with E-state index in [0.29, 0.717) is 28.0 Å². The number of anilines is 2. The number of nitrogens with one attached hydrogen (secondary N) is 2. The van der Waals surface area contributed by atoms with Crippen molar-refractivity contribution >= 4 is 46.5 Å². The van der Waals surface area contributed by atoms with E-state index in [4.69, 9.17) is 27.9 Å². The number of carbonyl (C=O) groups excluding carboxylic acids is 2. The standard InChI is InChI=1S/C18H17Cl2N3O3/c1-26-14-4-2-3-13(9-14)23-10-12(8-17(23)24)21-18(25)22-16-7-11(19)5-6-15(16)20/h2-7,9,12H,8,10H2,1H3,(H2,21,22,25). The smallest absolute Gasteiger partial charge is 0.319 e. The maximum absolute atomic E-state index is 12.3. The van der Waals surface area contributed by atoms with Crippen LogP contribution in [0, 0.1) is 0 Å². The van der Waals surface area contributed by atoms with Gasteiger partial charge in [0.05, 0.1) is 23.9 Å². The van der Waals surface area contributed by atoms with Gasteiger partial charge in [0.25, 0.3) is 0 Å². The summed E-state index contributed by atoms with van der Waals surface area (Å²) in [5.74, 6) is 0.601. The van der Waals surface area contributed by atoms with Crippen molar-refractivity contribution < 1.29 is 14.3 Å². The normalized spacial score (nSPS) is 16.5. The third-order valence-electron chi connectivity index (χ3n) is 4.00. The molecular formula is C18H17Cl2N3O3. The molecule has 0 radical (unpaired) electrons. The minimum atomic E-state index is -0.445. The SMILES string of the molecule is COc1cccc(N2CC(NC(=O)Nc3cc(Cl)ccc3Cl)CC2=O)c1. The maximum atomic E-state index is 12.3. The summed E-state index contributed by atoms with van der Waals surface area (Å²) in [5.41, 5.74) is 1.14. The van der Waals surface area contributed by atoms with Crippen molar-refractivity contribution in [3.05, 3.63) is 52.5 Å². The molecule has 2 N–H and O–H groups in total. The minimum absolute atomic E-state index is 0.0654. The van der Waals surface area contributed by atoms with E-state index in [2.05, 4.69) is 10.6 Å². The monoisotopic (exact) mass is 393 g/mol. The van der Waals surface area contributed by atoms with Gasteiger partial charge in [-0.05, 0) is 30.3 Å². The molecule has 1 saturated heterocycles. The topological polar surface area (TPSA) is 70.7 Å². The average molecular weight is 394 g/mol. The van der Waals surface area contributed by atoms with E-state index in [1.807, 2.05) is 18.2 Å². The number of carbonyl (C=O) groups is 2. The predicted molar refractivity (Wildman–Crippen MR) is 102 cm³/mol. The predicted octanol–water partition coefficient (Wildman–Crippen LogP) is 3.93. The van der Waals surface area contributed by atoms with Crippen LogP contribution in [0.1, 0.15) is 6.42 Å². The third kappa shape index (κ3) is 4.20. The molecule has 1 unspecified atom stereocenters. The molecule has 1 atom stereocenters. The summed E-state index contributed by atoms with van der Waals surface area (Å²) in [6.07, 6.45) is 0.216. The van der Waals surface area contributed by atoms with Crippen molar-refractivity contribution in [1.29, 1.82) is 0 Å². The first-order valence-corrected chi connectivity index (χ1v) is 8.69. The van der Waals surface area contributed by atoms with Crippen LogP contribution in [0.2, 0.25) is 10.0 Å².